The van der Waals surface area contributed by atoms with Crippen LogP contribution in [0.1, 0.15) is 52.0 Å². The van der Waals surface area contributed by atoms with Gasteiger partial charge < -0.3 is 9.88 Å². The van der Waals surface area contributed by atoms with Crippen LogP contribution in [0.4, 0.5) is 5.69 Å². The number of aromatic nitrogens is 4. The standard InChI is InChI=1S/C23H29N5OS/c1-5-9-20(22(29)25-18-13-11-17(12-14-18)16(3)4)30-23-27-26-21(28(23)6-2)19-10-7-8-15-24-19/h7-8,10-16,20H,5-6,9H2,1-4H3,(H,25,29). The number of nitrogens with zero attached hydrogens (tertiary/aromatic N) is 4. The lowest BCUT2D eigenvalue weighted by molar-refractivity contribution is -0.115. The summed E-state index contributed by atoms with van der Waals surface area (Å²) in [4.78, 5) is 17.4. The van der Waals surface area contributed by atoms with Crippen LogP contribution >= 0.6 is 11.8 Å². The van der Waals surface area contributed by atoms with Crippen LogP contribution in [0.25, 0.3) is 11.5 Å². The topological polar surface area (TPSA) is 72.7 Å². The van der Waals surface area contributed by atoms with Gasteiger partial charge >= 0.3 is 0 Å². The summed E-state index contributed by atoms with van der Waals surface area (Å²) in [6, 6.07) is 13.8. The van der Waals surface area contributed by atoms with Crippen LogP contribution in [0, 0.1) is 0 Å². The molecule has 1 N–H and O–H groups in total. The largest absolute Gasteiger partial charge is 0.325 e. The van der Waals surface area contributed by atoms with Gasteiger partial charge in [-0.1, -0.05) is 57.2 Å². The Hall–Kier alpha value is -2.67. The second-order valence-corrected chi connectivity index (χ2v) is 8.60. The Labute approximate surface area is 182 Å². The average Bonchev–Trinajstić information content (AvgIpc) is 3.17. The summed E-state index contributed by atoms with van der Waals surface area (Å²) in [5, 5.41) is 12.3. The van der Waals surface area contributed by atoms with E-state index in [4.69, 9.17) is 0 Å². The van der Waals surface area contributed by atoms with E-state index in [0.29, 0.717) is 12.5 Å². The van der Waals surface area contributed by atoms with Crippen LogP contribution in [0.5, 0.6) is 0 Å². The number of rotatable bonds is 9. The van der Waals surface area contributed by atoms with Crippen LogP contribution in [-0.2, 0) is 11.3 Å². The molecule has 0 radical (unpaired) electrons. The monoisotopic (exact) mass is 423 g/mol. The molecule has 1 unspecified atom stereocenters. The quantitative estimate of drug-likeness (QED) is 0.468. The van der Waals surface area contributed by atoms with Crippen molar-refractivity contribution >= 4 is 23.4 Å². The van der Waals surface area contributed by atoms with Crippen LogP contribution in [0.15, 0.2) is 53.8 Å². The molecule has 6 nitrogen and oxygen atoms in total. The highest BCUT2D eigenvalue weighted by atomic mass is 32.2. The van der Waals surface area contributed by atoms with Crippen LogP contribution < -0.4 is 5.32 Å². The van der Waals surface area contributed by atoms with Gasteiger partial charge in [0.05, 0.1) is 5.25 Å². The van der Waals surface area contributed by atoms with Gasteiger partial charge in [0.1, 0.15) is 5.69 Å². The number of anilines is 1. The zero-order chi connectivity index (χ0) is 21.5. The molecule has 3 aromatic rings. The first-order valence-corrected chi connectivity index (χ1v) is 11.3. The number of thioether (sulfide) groups is 1. The fourth-order valence-corrected chi connectivity index (χ4v) is 4.36. The summed E-state index contributed by atoms with van der Waals surface area (Å²) in [6.07, 6.45) is 3.41. The zero-order valence-electron chi connectivity index (χ0n) is 18.0. The van der Waals surface area contributed by atoms with Crippen molar-refractivity contribution < 1.29 is 4.79 Å². The number of carbonyl (C=O) groups excluding carboxylic acids is 1. The van der Waals surface area contributed by atoms with E-state index in [9.17, 15) is 4.79 Å². The van der Waals surface area contributed by atoms with E-state index in [1.54, 1.807) is 6.20 Å². The summed E-state index contributed by atoms with van der Waals surface area (Å²) in [5.41, 5.74) is 2.85. The molecule has 0 aliphatic heterocycles. The second kappa shape index (κ2) is 10.4. The molecule has 158 valence electrons. The predicted molar refractivity (Wildman–Crippen MR) is 123 cm³/mol. The molecule has 0 saturated carbocycles. The SMILES string of the molecule is CCCC(Sc1nnc(-c2ccccn2)n1CC)C(=O)Nc1ccc(C(C)C)cc1. The summed E-state index contributed by atoms with van der Waals surface area (Å²) in [5.74, 6) is 1.18. The predicted octanol–water partition coefficient (Wildman–Crippen LogP) is 5.38. The summed E-state index contributed by atoms with van der Waals surface area (Å²) >= 11 is 1.46. The first-order valence-electron chi connectivity index (χ1n) is 10.5. The van der Waals surface area contributed by atoms with Gasteiger partial charge in [0.2, 0.25) is 5.91 Å². The summed E-state index contributed by atoms with van der Waals surface area (Å²) in [7, 11) is 0. The molecule has 0 aliphatic carbocycles. The molecule has 1 aromatic carbocycles. The first kappa shape index (κ1) is 22.0. The highest BCUT2D eigenvalue weighted by molar-refractivity contribution is 8.00. The van der Waals surface area contributed by atoms with E-state index in [1.165, 1.54) is 17.3 Å². The Balaban J connectivity index is 1.76. The van der Waals surface area contributed by atoms with E-state index >= 15 is 0 Å². The molecule has 1 amide bonds. The van der Waals surface area contributed by atoms with E-state index in [1.807, 2.05) is 41.8 Å². The fourth-order valence-electron chi connectivity index (χ4n) is 3.15. The van der Waals surface area contributed by atoms with Gasteiger partial charge in [0.15, 0.2) is 11.0 Å². The van der Waals surface area contributed by atoms with Crippen LogP contribution in [0.2, 0.25) is 0 Å². The Morgan fingerprint density at radius 2 is 1.87 bits per heavy atom. The number of nitrogens with one attached hydrogen (secondary N) is 1. The highest BCUT2D eigenvalue weighted by Gasteiger charge is 2.24. The van der Waals surface area contributed by atoms with Gasteiger partial charge in [0.25, 0.3) is 0 Å². The van der Waals surface area contributed by atoms with Crippen molar-refractivity contribution in [2.45, 2.75) is 63.4 Å². The fraction of sp³-hybridized carbons (Fsp3) is 0.391. The Bertz CT molecular complexity index is 953. The zero-order valence-corrected chi connectivity index (χ0v) is 18.8. The van der Waals surface area contributed by atoms with Gasteiger partial charge in [-0.2, -0.15) is 0 Å². The lowest BCUT2D eigenvalue weighted by atomic mass is 10.0. The van der Waals surface area contributed by atoms with E-state index in [2.05, 4.69) is 53.4 Å². The van der Waals surface area contributed by atoms with Crippen molar-refractivity contribution in [3.8, 4) is 11.5 Å². The summed E-state index contributed by atoms with van der Waals surface area (Å²) < 4.78 is 2.01. The van der Waals surface area contributed by atoms with Gasteiger partial charge in [-0.05, 0) is 49.1 Å². The molecule has 0 spiro atoms. The molecule has 0 aliphatic rings. The second-order valence-electron chi connectivity index (χ2n) is 7.43. The van der Waals surface area contributed by atoms with E-state index in [0.717, 1.165) is 35.2 Å². The Kier molecular flexibility index (Phi) is 7.63. The maximum atomic E-state index is 13.0. The third-order valence-electron chi connectivity index (χ3n) is 4.86. The molecule has 2 heterocycles. The van der Waals surface area contributed by atoms with Crippen molar-refractivity contribution in [3.63, 3.8) is 0 Å². The van der Waals surface area contributed by atoms with Crippen LogP contribution in [-0.4, -0.2) is 30.9 Å². The smallest absolute Gasteiger partial charge is 0.237 e. The van der Waals surface area contributed by atoms with Crippen molar-refractivity contribution in [2.24, 2.45) is 0 Å². The van der Waals surface area contributed by atoms with Crippen molar-refractivity contribution in [1.82, 2.24) is 19.7 Å². The van der Waals surface area contributed by atoms with Gasteiger partial charge in [-0.25, -0.2) is 0 Å². The molecule has 0 fully saturated rings. The third-order valence-corrected chi connectivity index (χ3v) is 6.11. The molecule has 1 atom stereocenters. The molecule has 3 rings (SSSR count). The third kappa shape index (κ3) is 5.27. The lowest BCUT2D eigenvalue weighted by Crippen LogP contribution is -2.25. The van der Waals surface area contributed by atoms with Crippen molar-refractivity contribution in [3.05, 3.63) is 54.2 Å². The number of hydrogen-bond donors (Lipinski definition) is 1. The lowest BCUT2D eigenvalue weighted by Gasteiger charge is -2.16. The Morgan fingerprint density at radius 1 is 1.10 bits per heavy atom. The normalized spacial score (nSPS) is 12.2. The number of amides is 1. The highest BCUT2D eigenvalue weighted by Crippen LogP contribution is 2.29. The molecule has 0 saturated heterocycles. The molecular weight excluding hydrogens is 394 g/mol. The van der Waals surface area contributed by atoms with Crippen molar-refractivity contribution in [2.75, 3.05) is 5.32 Å². The molecule has 2 aromatic heterocycles. The number of benzene rings is 1. The minimum absolute atomic E-state index is 0.0100. The van der Waals surface area contributed by atoms with E-state index < -0.39 is 0 Å². The van der Waals surface area contributed by atoms with E-state index in [-0.39, 0.29) is 11.2 Å². The maximum absolute atomic E-state index is 13.0. The van der Waals surface area contributed by atoms with Gasteiger partial charge in [-0.15, -0.1) is 10.2 Å². The number of pyridine rings is 1. The molecular formula is C23H29N5OS. The molecule has 7 heteroatoms. The maximum Gasteiger partial charge on any atom is 0.237 e. The average molecular weight is 424 g/mol. The Morgan fingerprint density at radius 3 is 2.47 bits per heavy atom. The van der Waals surface area contributed by atoms with Gasteiger partial charge in [-0.3, -0.25) is 9.78 Å². The minimum Gasteiger partial charge on any atom is -0.325 e. The summed E-state index contributed by atoms with van der Waals surface area (Å²) in [6.45, 7) is 9.15. The number of carbonyl (C=O) groups is 1. The first-order chi connectivity index (χ1) is 14.5. The molecule has 0 bridgehead atoms. The van der Waals surface area contributed by atoms with Crippen molar-refractivity contribution in [1.29, 1.82) is 0 Å². The minimum atomic E-state index is -0.245. The van der Waals surface area contributed by atoms with Crippen LogP contribution in [0.3, 0.4) is 0 Å². The van der Waals surface area contributed by atoms with Gasteiger partial charge in [0, 0.05) is 18.4 Å². The number of hydrogen-bond acceptors (Lipinski definition) is 5. The molecule has 30 heavy (non-hydrogen) atoms.